The number of carbonyl (C=O) groups is 2. The average molecular weight is 531 g/mol. The maximum atomic E-state index is 12.9. The van der Waals surface area contributed by atoms with E-state index < -0.39 is 10.8 Å². The van der Waals surface area contributed by atoms with Crippen molar-refractivity contribution in [1.29, 1.82) is 0 Å². The molecule has 0 saturated heterocycles. The van der Waals surface area contributed by atoms with Gasteiger partial charge in [0.2, 0.25) is 5.91 Å². The minimum Gasteiger partial charge on any atom is -0.345 e. The Hall–Kier alpha value is -4.51. The molecule has 4 aromatic rings. The largest absolute Gasteiger partial charge is 0.345 e. The molecule has 0 radical (unpaired) electrons. The summed E-state index contributed by atoms with van der Waals surface area (Å²) in [5.41, 5.74) is 3.93. The maximum Gasteiger partial charge on any atom is 0.273 e. The molecule has 0 unspecified atom stereocenters. The normalized spacial score (nSPS) is 10.7. The fraction of sp³-hybridized carbons (Fsp3) is 0.185. The zero-order valence-electron chi connectivity index (χ0n) is 21.1. The van der Waals surface area contributed by atoms with Gasteiger partial charge in [-0.15, -0.1) is 10.2 Å². The first-order chi connectivity index (χ1) is 18.2. The molecule has 0 fully saturated rings. The highest BCUT2D eigenvalue weighted by Gasteiger charge is 2.20. The predicted molar refractivity (Wildman–Crippen MR) is 146 cm³/mol. The van der Waals surface area contributed by atoms with Gasteiger partial charge in [-0.1, -0.05) is 48.2 Å². The van der Waals surface area contributed by atoms with Crippen LogP contribution in [0.15, 0.2) is 71.9 Å². The minimum absolute atomic E-state index is 0.0259. The molecule has 2 amide bonds. The average Bonchev–Trinajstić information content (AvgIpc) is 3.31. The third-order valence-electron chi connectivity index (χ3n) is 5.87. The van der Waals surface area contributed by atoms with Crippen molar-refractivity contribution in [3.8, 4) is 5.69 Å². The van der Waals surface area contributed by atoms with Crippen LogP contribution in [0.4, 0.5) is 11.4 Å². The number of nitrogens with one attached hydrogen (secondary N) is 2. The summed E-state index contributed by atoms with van der Waals surface area (Å²) < 4.78 is 1.77. The SMILES string of the molecule is Cc1ccc(C)c(NC(=O)CSc2nnc(CNC(=O)c3cccc([N+](=O)[O-])c3C)n2-c2ccccc2)c1. The fourth-order valence-corrected chi connectivity index (χ4v) is 4.62. The van der Waals surface area contributed by atoms with Crippen molar-refractivity contribution in [3.05, 3.63) is 105 Å². The first-order valence-electron chi connectivity index (χ1n) is 11.8. The van der Waals surface area contributed by atoms with Crippen LogP contribution in [0.3, 0.4) is 0 Å². The number of rotatable bonds is 9. The molecule has 0 saturated carbocycles. The molecule has 1 heterocycles. The summed E-state index contributed by atoms with van der Waals surface area (Å²) in [4.78, 5) is 36.3. The summed E-state index contributed by atoms with van der Waals surface area (Å²) in [6, 6.07) is 19.6. The van der Waals surface area contributed by atoms with Gasteiger partial charge in [0.05, 0.1) is 17.2 Å². The van der Waals surface area contributed by atoms with Crippen LogP contribution in [-0.4, -0.2) is 37.3 Å². The number of carbonyl (C=O) groups excluding carboxylic acids is 2. The molecule has 0 aliphatic heterocycles. The van der Waals surface area contributed by atoms with Crippen molar-refractivity contribution in [2.45, 2.75) is 32.5 Å². The zero-order chi connectivity index (χ0) is 27.2. The van der Waals surface area contributed by atoms with E-state index in [1.807, 2.05) is 62.4 Å². The Morgan fingerprint density at radius 3 is 2.50 bits per heavy atom. The molecule has 0 bridgehead atoms. The topological polar surface area (TPSA) is 132 Å². The van der Waals surface area contributed by atoms with Crippen molar-refractivity contribution in [2.75, 3.05) is 11.1 Å². The lowest BCUT2D eigenvalue weighted by atomic mass is 10.1. The van der Waals surface area contributed by atoms with Crippen LogP contribution in [0.2, 0.25) is 0 Å². The monoisotopic (exact) mass is 530 g/mol. The van der Waals surface area contributed by atoms with E-state index in [1.54, 1.807) is 4.57 Å². The molecular formula is C27H26N6O4S. The number of nitrogens with zero attached hydrogens (tertiary/aromatic N) is 4. The molecule has 0 aliphatic carbocycles. The number of nitro benzene ring substituents is 1. The smallest absolute Gasteiger partial charge is 0.273 e. The van der Waals surface area contributed by atoms with Crippen LogP contribution in [-0.2, 0) is 11.3 Å². The van der Waals surface area contributed by atoms with Crippen LogP contribution >= 0.6 is 11.8 Å². The Morgan fingerprint density at radius 2 is 1.76 bits per heavy atom. The second-order valence-electron chi connectivity index (χ2n) is 8.61. The van der Waals surface area contributed by atoms with Crippen LogP contribution in [0.25, 0.3) is 5.69 Å². The highest BCUT2D eigenvalue weighted by atomic mass is 32.2. The molecule has 11 heteroatoms. The second kappa shape index (κ2) is 11.7. The molecule has 1 aromatic heterocycles. The highest BCUT2D eigenvalue weighted by Crippen LogP contribution is 2.24. The fourth-order valence-electron chi connectivity index (χ4n) is 3.85. The van der Waals surface area contributed by atoms with E-state index in [9.17, 15) is 19.7 Å². The zero-order valence-corrected chi connectivity index (χ0v) is 21.9. The molecular weight excluding hydrogens is 504 g/mol. The number of thioether (sulfide) groups is 1. The van der Waals surface area contributed by atoms with E-state index in [-0.39, 0.29) is 35.0 Å². The number of hydrogen-bond donors (Lipinski definition) is 2. The number of anilines is 1. The van der Waals surface area contributed by atoms with E-state index in [0.29, 0.717) is 11.0 Å². The lowest BCUT2D eigenvalue weighted by Gasteiger charge is -2.12. The minimum atomic E-state index is -0.516. The van der Waals surface area contributed by atoms with Gasteiger partial charge in [0.25, 0.3) is 11.6 Å². The van der Waals surface area contributed by atoms with E-state index in [4.69, 9.17) is 0 Å². The number of para-hydroxylation sites is 1. The molecule has 2 N–H and O–H groups in total. The van der Waals surface area contributed by atoms with E-state index in [0.717, 1.165) is 22.5 Å². The quantitative estimate of drug-likeness (QED) is 0.181. The highest BCUT2D eigenvalue weighted by molar-refractivity contribution is 7.99. The molecule has 10 nitrogen and oxygen atoms in total. The van der Waals surface area contributed by atoms with Gasteiger partial charge < -0.3 is 10.6 Å². The Labute approximate surface area is 223 Å². The summed E-state index contributed by atoms with van der Waals surface area (Å²) in [7, 11) is 0. The predicted octanol–water partition coefficient (Wildman–Crippen LogP) is 4.76. The number of amides is 2. The van der Waals surface area contributed by atoms with Crippen LogP contribution in [0, 0.1) is 30.9 Å². The van der Waals surface area contributed by atoms with Crippen molar-refractivity contribution < 1.29 is 14.5 Å². The summed E-state index contributed by atoms with van der Waals surface area (Å²) in [6.07, 6.45) is 0. The van der Waals surface area contributed by atoms with Gasteiger partial charge in [0.1, 0.15) is 0 Å². The van der Waals surface area contributed by atoms with Gasteiger partial charge in [-0.3, -0.25) is 24.3 Å². The van der Waals surface area contributed by atoms with Crippen LogP contribution in [0.1, 0.15) is 32.9 Å². The first-order valence-corrected chi connectivity index (χ1v) is 12.7. The van der Waals surface area contributed by atoms with Gasteiger partial charge in [0.15, 0.2) is 11.0 Å². The molecule has 194 valence electrons. The number of hydrogen-bond acceptors (Lipinski definition) is 7. The maximum absolute atomic E-state index is 12.9. The van der Waals surface area contributed by atoms with Crippen LogP contribution in [0.5, 0.6) is 0 Å². The Morgan fingerprint density at radius 1 is 1.00 bits per heavy atom. The van der Waals surface area contributed by atoms with Gasteiger partial charge in [0, 0.05) is 28.6 Å². The van der Waals surface area contributed by atoms with Gasteiger partial charge >= 0.3 is 0 Å². The summed E-state index contributed by atoms with van der Waals surface area (Å²) in [5.74, 6) is -0.0827. The van der Waals surface area contributed by atoms with Crippen LogP contribution < -0.4 is 10.6 Å². The van der Waals surface area contributed by atoms with E-state index in [2.05, 4.69) is 20.8 Å². The Kier molecular flexibility index (Phi) is 8.17. The third kappa shape index (κ3) is 6.06. The van der Waals surface area contributed by atoms with Gasteiger partial charge in [-0.05, 0) is 56.2 Å². The Balaban J connectivity index is 1.51. The van der Waals surface area contributed by atoms with Crippen molar-refractivity contribution in [2.24, 2.45) is 0 Å². The first kappa shape index (κ1) is 26.6. The molecule has 0 atom stereocenters. The number of aromatic nitrogens is 3. The van der Waals surface area contributed by atoms with Crippen molar-refractivity contribution in [1.82, 2.24) is 20.1 Å². The van der Waals surface area contributed by atoms with E-state index >= 15 is 0 Å². The number of benzene rings is 3. The lowest BCUT2D eigenvalue weighted by Crippen LogP contribution is -2.25. The lowest BCUT2D eigenvalue weighted by molar-refractivity contribution is -0.385. The number of aryl methyl sites for hydroxylation is 2. The summed E-state index contributed by atoms with van der Waals surface area (Å²) in [5, 5.41) is 26.0. The summed E-state index contributed by atoms with van der Waals surface area (Å²) in [6.45, 7) is 5.46. The third-order valence-corrected chi connectivity index (χ3v) is 6.80. The van der Waals surface area contributed by atoms with Gasteiger partial charge in [-0.2, -0.15) is 0 Å². The Bertz CT molecular complexity index is 1500. The van der Waals surface area contributed by atoms with Crippen molar-refractivity contribution in [3.63, 3.8) is 0 Å². The molecule has 0 spiro atoms. The molecule has 3 aromatic carbocycles. The molecule has 0 aliphatic rings. The molecule has 38 heavy (non-hydrogen) atoms. The molecule has 4 rings (SSSR count). The van der Waals surface area contributed by atoms with Crippen molar-refractivity contribution >= 4 is 35.0 Å². The standard InChI is InChI=1S/C27H26N6O4S/c1-17-12-13-18(2)22(14-17)29-25(34)16-38-27-31-30-24(32(27)20-8-5-4-6-9-20)15-28-26(35)21-10-7-11-23(19(21)3)33(36)37/h4-14H,15-16H2,1-3H3,(H,28,35)(H,29,34). The van der Waals surface area contributed by atoms with E-state index in [1.165, 1.54) is 36.9 Å². The second-order valence-corrected chi connectivity index (χ2v) is 9.56. The summed E-state index contributed by atoms with van der Waals surface area (Å²) >= 11 is 1.23. The number of nitro groups is 1. The van der Waals surface area contributed by atoms with Gasteiger partial charge in [-0.25, -0.2) is 0 Å².